The van der Waals surface area contributed by atoms with Gasteiger partial charge in [0.05, 0.1) is 12.7 Å². The topological polar surface area (TPSA) is 46.6 Å². The summed E-state index contributed by atoms with van der Waals surface area (Å²) in [7, 11) is 1.37. The Balaban J connectivity index is 2.16. The first-order valence-corrected chi connectivity index (χ1v) is 7.05. The molecule has 1 aromatic rings. The molecule has 1 saturated heterocycles. The summed E-state index contributed by atoms with van der Waals surface area (Å²) in [5.74, 6) is 0.407. The van der Waals surface area contributed by atoms with Crippen LogP contribution in [0.15, 0.2) is 24.3 Å². The number of rotatable bonds is 3. The second kappa shape index (κ2) is 6.55. The highest BCUT2D eigenvalue weighted by atomic mass is 16.5. The Morgan fingerprint density at radius 1 is 1.35 bits per heavy atom. The van der Waals surface area contributed by atoms with Crippen LogP contribution in [-0.4, -0.2) is 30.4 Å². The Kier molecular flexibility index (Phi) is 4.77. The summed E-state index contributed by atoms with van der Waals surface area (Å²) in [6.45, 7) is 3.42. The predicted molar refractivity (Wildman–Crippen MR) is 76.2 cm³/mol. The van der Waals surface area contributed by atoms with Gasteiger partial charge in [0.25, 0.3) is 0 Å². The van der Waals surface area contributed by atoms with Gasteiger partial charge in [0.15, 0.2) is 0 Å². The number of hydrogen-bond donors (Lipinski definition) is 0. The zero-order valence-electron chi connectivity index (χ0n) is 12.1. The van der Waals surface area contributed by atoms with Crippen molar-refractivity contribution in [3.05, 3.63) is 35.4 Å². The SMILES string of the molecule is COC(=O)c1ccccc1CN1CCC(C)CCC1=O. The lowest BCUT2D eigenvalue weighted by Crippen LogP contribution is -2.30. The van der Waals surface area contributed by atoms with Crippen LogP contribution in [0.5, 0.6) is 0 Å². The first kappa shape index (κ1) is 14.6. The van der Waals surface area contributed by atoms with E-state index in [4.69, 9.17) is 4.74 Å². The van der Waals surface area contributed by atoms with Gasteiger partial charge in [-0.3, -0.25) is 4.79 Å². The van der Waals surface area contributed by atoms with Crippen molar-refractivity contribution in [1.29, 1.82) is 0 Å². The number of esters is 1. The summed E-state index contributed by atoms with van der Waals surface area (Å²) in [5, 5.41) is 0. The number of amides is 1. The van der Waals surface area contributed by atoms with Gasteiger partial charge in [-0.15, -0.1) is 0 Å². The Labute approximate surface area is 119 Å². The fraction of sp³-hybridized carbons (Fsp3) is 0.500. The van der Waals surface area contributed by atoms with E-state index in [9.17, 15) is 9.59 Å². The number of carbonyl (C=O) groups excluding carboxylic acids is 2. The van der Waals surface area contributed by atoms with Crippen molar-refractivity contribution in [2.45, 2.75) is 32.7 Å². The molecule has 0 N–H and O–H groups in total. The minimum absolute atomic E-state index is 0.175. The number of benzene rings is 1. The summed E-state index contributed by atoms with van der Waals surface area (Å²) in [6, 6.07) is 7.31. The minimum Gasteiger partial charge on any atom is -0.465 e. The number of methoxy groups -OCH3 is 1. The summed E-state index contributed by atoms with van der Waals surface area (Å²) in [5.41, 5.74) is 1.39. The average Bonchev–Trinajstić information content (AvgIpc) is 2.62. The first-order chi connectivity index (χ1) is 9.61. The summed E-state index contributed by atoms with van der Waals surface area (Å²) >= 11 is 0. The highest BCUT2D eigenvalue weighted by molar-refractivity contribution is 5.91. The predicted octanol–water partition coefficient (Wildman–Crippen LogP) is 2.62. The molecule has 0 spiro atoms. The molecule has 1 aromatic carbocycles. The number of hydrogen-bond acceptors (Lipinski definition) is 3. The number of likely N-dealkylation sites (tertiary alicyclic amines) is 1. The lowest BCUT2D eigenvalue weighted by atomic mass is 10.0. The highest BCUT2D eigenvalue weighted by Crippen LogP contribution is 2.20. The van der Waals surface area contributed by atoms with Crippen molar-refractivity contribution in [2.24, 2.45) is 5.92 Å². The van der Waals surface area contributed by atoms with E-state index in [-0.39, 0.29) is 11.9 Å². The van der Waals surface area contributed by atoms with Crippen LogP contribution in [0, 0.1) is 5.92 Å². The maximum atomic E-state index is 12.1. The Bertz CT molecular complexity index is 498. The minimum atomic E-state index is -0.351. The molecule has 0 bridgehead atoms. The van der Waals surface area contributed by atoms with Crippen molar-refractivity contribution in [1.82, 2.24) is 4.90 Å². The van der Waals surface area contributed by atoms with Crippen LogP contribution in [0.2, 0.25) is 0 Å². The van der Waals surface area contributed by atoms with Crippen molar-refractivity contribution >= 4 is 11.9 Å². The van der Waals surface area contributed by atoms with E-state index < -0.39 is 0 Å². The second-order valence-electron chi connectivity index (χ2n) is 5.40. The van der Waals surface area contributed by atoms with Gasteiger partial charge in [-0.2, -0.15) is 0 Å². The molecule has 1 aliphatic heterocycles. The van der Waals surface area contributed by atoms with Crippen molar-refractivity contribution in [3.63, 3.8) is 0 Å². The van der Waals surface area contributed by atoms with Gasteiger partial charge in [-0.05, 0) is 30.4 Å². The van der Waals surface area contributed by atoms with Gasteiger partial charge < -0.3 is 9.64 Å². The van der Waals surface area contributed by atoms with E-state index in [2.05, 4.69) is 6.92 Å². The molecule has 0 radical (unpaired) electrons. The molecule has 20 heavy (non-hydrogen) atoms. The first-order valence-electron chi connectivity index (χ1n) is 7.05. The van der Waals surface area contributed by atoms with Gasteiger partial charge in [0.2, 0.25) is 5.91 Å². The van der Waals surface area contributed by atoms with Gasteiger partial charge >= 0.3 is 5.97 Å². The third-order valence-electron chi connectivity index (χ3n) is 3.88. The Morgan fingerprint density at radius 3 is 2.85 bits per heavy atom. The number of carbonyl (C=O) groups is 2. The molecule has 0 aromatic heterocycles. The molecule has 1 atom stereocenters. The molecule has 2 rings (SSSR count). The van der Waals surface area contributed by atoms with Crippen LogP contribution in [0.25, 0.3) is 0 Å². The van der Waals surface area contributed by atoms with Gasteiger partial charge in [0.1, 0.15) is 0 Å². The van der Waals surface area contributed by atoms with E-state index in [0.29, 0.717) is 24.4 Å². The van der Waals surface area contributed by atoms with Crippen LogP contribution in [-0.2, 0) is 16.1 Å². The molecular formula is C16H21NO3. The molecule has 1 heterocycles. The van der Waals surface area contributed by atoms with Crippen LogP contribution < -0.4 is 0 Å². The Morgan fingerprint density at radius 2 is 2.10 bits per heavy atom. The maximum absolute atomic E-state index is 12.1. The summed E-state index contributed by atoms with van der Waals surface area (Å²) in [4.78, 5) is 25.7. The Hall–Kier alpha value is -1.84. The molecule has 4 heteroatoms. The van der Waals surface area contributed by atoms with Crippen LogP contribution in [0.1, 0.15) is 42.1 Å². The quantitative estimate of drug-likeness (QED) is 0.797. The van der Waals surface area contributed by atoms with E-state index in [0.717, 1.165) is 24.9 Å². The number of nitrogens with zero attached hydrogens (tertiary/aromatic N) is 1. The van der Waals surface area contributed by atoms with E-state index in [1.807, 2.05) is 23.1 Å². The van der Waals surface area contributed by atoms with Crippen molar-refractivity contribution < 1.29 is 14.3 Å². The van der Waals surface area contributed by atoms with Crippen LogP contribution in [0.3, 0.4) is 0 Å². The fourth-order valence-electron chi connectivity index (χ4n) is 2.51. The molecule has 4 nitrogen and oxygen atoms in total. The van der Waals surface area contributed by atoms with Crippen LogP contribution in [0.4, 0.5) is 0 Å². The molecule has 108 valence electrons. The zero-order valence-corrected chi connectivity index (χ0v) is 12.1. The largest absolute Gasteiger partial charge is 0.465 e. The van der Waals surface area contributed by atoms with Crippen molar-refractivity contribution in [2.75, 3.05) is 13.7 Å². The lowest BCUT2D eigenvalue weighted by molar-refractivity contribution is -0.131. The third-order valence-corrected chi connectivity index (χ3v) is 3.88. The van der Waals surface area contributed by atoms with Gasteiger partial charge in [0, 0.05) is 19.5 Å². The molecule has 1 amide bonds. The second-order valence-corrected chi connectivity index (χ2v) is 5.40. The van der Waals surface area contributed by atoms with Gasteiger partial charge in [-0.25, -0.2) is 4.79 Å². The van der Waals surface area contributed by atoms with Gasteiger partial charge in [-0.1, -0.05) is 25.1 Å². The molecule has 1 fully saturated rings. The van der Waals surface area contributed by atoms with E-state index in [1.165, 1.54) is 7.11 Å². The third kappa shape index (κ3) is 3.38. The monoisotopic (exact) mass is 275 g/mol. The average molecular weight is 275 g/mol. The summed E-state index contributed by atoms with van der Waals surface area (Å²) < 4.78 is 4.79. The summed E-state index contributed by atoms with van der Waals surface area (Å²) in [6.07, 6.45) is 2.57. The molecular weight excluding hydrogens is 254 g/mol. The standard InChI is InChI=1S/C16H21NO3/c1-12-7-8-15(18)17(10-9-12)11-13-5-3-4-6-14(13)16(19)20-2/h3-6,12H,7-11H2,1-2H3. The highest BCUT2D eigenvalue weighted by Gasteiger charge is 2.22. The van der Waals surface area contributed by atoms with Crippen LogP contribution >= 0.6 is 0 Å². The lowest BCUT2D eigenvalue weighted by Gasteiger charge is -2.21. The molecule has 0 saturated carbocycles. The normalized spacial score (nSPS) is 19.6. The fourth-order valence-corrected chi connectivity index (χ4v) is 2.51. The maximum Gasteiger partial charge on any atom is 0.338 e. The smallest absolute Gasteiger partial charge is 0.338 e. The molecule has 1 aliphatic rings. The molecule has 0 aliphatic carbocycles. The van der Waals surface area contributed by atoms with E-state index in [1.54, 1.807) is 6.07 Å². The number of ether oxygens (including phenoxy) is 1. The molecule has 1 unspecified atom stereocenters. The zero-order chi connectivity index (χ0) is 14.5. The van der Waals surface area contributed by atoms with E-state index >= 15 is 0 Å². The van der Waals surface area contributed by atoms with Crippen molar-refractivity contribution in [3.8, 4) is 0 Å².